The molecule has 0 unspecified atom stereocenters. The summed E-state index contributed by atoms with van der Waals surface area (Å²) in [5.74, 6) is -1.77. The van der Waals surface area contributed by atoms with Gasteiger partial charge in [0.2, 0.25) is 0 Å². The molecule has 0 aliphatic carbocycles. The number of alkyl halides is 3. The zero-order valence-electron chi connectivity index (χ0n) is 27.9. The summed E-state index contributed by atoms with van der Waals surface area (Å²) >= 11 is 0. The van der Waals surface area contributed by atoms with E-state index in [9.17, 15) is 49.8 Å². The molecule has 0 saturated carbocycles. The lowest BCUT2D eigenvalue weighted by atomic mass is 9.99. The lowest BCUT2D eigenvalue weighted by Gasteiger charge is -2.16. The fourth-order valence-corrected chi connectivity index (χ4v) is 8.07. The van der Waals surface area contributed by atoms with Crippen LogP contribution < -0.4 is 18.1 Å². The van der Waals surface area contributed by atoms with E-state index in [0.29, 0.717) is 24.0 Å². The molecule has 276 valence electrons. The van der Waals surface area contributed by atoms with Crippen LogP contribution in [0.4, 0.5) is 24.5 Å². The van der Waals surface area contributed by atoms with Crippen molar-refractivity contribution in [2.24, 2.45) is 0 Å². The molecule has 4 aromatic carbocycles. The number of amides is 2. The molecule has 2 amide bonds. The number of aromatic hydroxyl groups is 2. The van der Waals surface area contributed by atoms with Gasteiger partial charge in [-0.05, 0) is 104 Å². The molecular weight excluding hydrogens is 726 g/mol. The molecule has 0 atom stereocenters. The molecule has 0 bridgehead atoms. The van der Waals surface area contributed by atoms with Crippen molar-refractivity contribution in [1.82, 2.24) is 9.44 Å². The lowest BCUT2D eigenvalue weighted by Crippen LogP contribution is -2.29. The first-order valence-electron chi connectivity index (χ1n) is 15.8. The summed E-state index contributed by atoms with van der Waals surface area (Å²) in [6.45, 7) is 3.39. The molecule has 2 saturated heterocycles. The van der Waals surface area contributed by atoms with Gasteiger partial charge in [-0.1, -0.05) is 48.0 Å². The molecule has 2 heterocycles. The van der Waals surface area contributed by atoms with E-state index in [1.165, 1.54) is 47.0 Å². The van der Waals surface area contributed by atoms with E-state index < -0.39 is 50.5 Å². The predicted molar refractivity (Wildman–Crippen MR) is 187 cm³/mol. The first-order valence-corrected chi connectivity index (χ1v) is 18.7. The number of hydrogen-bond donors (Lipinski definition) is 4. The third kappa shape index (κ3) is 8.95. The molecule has 6 rings (SSSR count). The molecule has 52 heavy (non-hydrogen) atoms. The lowest BCUT2D eigenvalue weighted by molar-refractivity contribution is -0.137. The maximum atomic E-state index is 12.6. The van der Waals surface area contributed by atoms with Crippen molar-refractivity contribution in [1.29, 1.82) is 0 Å². The molecule has 0 aromatic heterocycles. The third-order valence-electron chi connectivity index (χ3n) is 8.42. The Hall–Kier alpha value is -5.29. The number of anilines is 2. The average Bonchev–Trinajstić information content (AvgIpc) is 3.49. The van der Waals surface area contributed by atoms with Crippen molar-refractivity contribution in [3.05, 3.63) is 118 Å². The smallest absolute Gasteiger partial charge is 0.416 e. The number of phenolic OH excluding ortho intramolecular Hbond substituents is 2. The Balaban J connectivity index is 0.000000202. The maximum absolute atomic E-state index is 12.6. The molecular formula is C35H35F3N4O8S2. The normalized spacial score (nSPS) is 16.2. The Kier molecular flexibility index (Phi) is 10.8. The van der Waals surface area contributed by atoms with Crippen molar-refractivity contribution in [2.75, 3.05) is 21.7 Å². The zero-order valence-corrected chi connectivity index (χ0v) is 29.6. The van der Waals surface area contributed by atoms with Crippen molar-refractivity contribution < 1.29 is 49.8 Å². The molecule has 4 aromatic rings. The number of halogens is 3. The summed E-state index contributed by atoms with van der Waals surface area (Å²) in [4.78, 5) is 22.6. The highest BCUT2D eigenvalue weighted by atomic mass is 32.2. The van der Waals surface area contributed by atoms with Crippen molar-refractivity contribution in [3.8, 4) is 11.5 Å². The highest BCUT2D eigenvalue weighted by molar-refractivity contribution is 7.92. The second kappa shape index (κ2) is 14.7. The number of nitrogens with zero attached hydrogens (tertiary/aromatic N) is 2. The minimum Gasteiger partial charge on any atom is -0.506 e. The van der Waals surface area contributed by atoms with E-state index in [2.05, 4.69) is 32.0 Å². The Bertz CT molecular complexity index is 2230. The van der Waals surface area contributed by atoms with Gasteiger partial charge in [-0.2, -0.15) is 30.0 Å². The zero-order chi connectivity index (χ0) is 38.0. The summed E-state index contributed by atoms with van der Waals surface area (Å²) in [7, 11) is -7.93. The fourth-order valence-electron chi connectivity index (χ4n) is 5.75. The summed E-state index contributed by atoms with van der Waals surface area (Å²) < 4.78 is 90.4. The second-order valence-electron chi connectivity index (χ2n) is 12.3. The largest absolute Gasteiger partial charge is 0.506 e. The number of hydrogen-bond acceptors (Lipinski definition) is 8. The van der Waals surface area contributed by atoms with E-state index in [1.807, 2.05) is 9.44 Å². The van der Waals surface area contributed by atoms with Crippen LogP contribution in [0.1, 0.15) is 38.9 Å². The van der Waals surface area contributed by atoms with Crippen LogP contribution in [0.15, 0.2) is 78.9 Å². The van der Waals surface area contributed by atoms with Gasteiger partial charge in [-0.25, -0.2) is 18.1 Å². The minimum atomic E-state index is -4.38. The Morgan fingerprint density at radius 3 is 1.48 bits per heavy atom. The third-order valence-corrected chi connectivity index (χ3v) is 11.2. The fraction of sp³-hybridized carbons (Fsp3) is 0.257. The molecule has 12 nitrogen and oxygen atoms in total. The summed E-state index contributed by atoms with van der Waals surface area (Å²) in [6, 6.07) is 20.3. The SMILES string of the molecule is Cc1ccc(CCc2ccc(N3CC(=O)NS3(=O)=O)c(O)c2)c(C)c1.O=C1CN(c2ccc(CCc3ccc(C(F)(F)F)cc3)cc2O)S(=O)(=O)N1. The summed E-state index contributed by atoms with van der Waals surface area (Å²) in [5.41, 5.74) is 5.33. The van der Waals surface area contributed by atoms with E-state index in [-0.39, 0.29) is 29.4 Å². The number of benzene rings is 4. The van der Waals surface area contributed by atoms with Gasteiger partial charge in [0.25, 0.3) is 11.8 Å². The van der Waals surface area contributed by atoms with E-state index in [1.54, 1.807) is 18.2 Å². The number of carbonyl (C=O) groups is 2. The number of nitrogens with one attached hydrogen (secondary N) is 2. The van der Waals surface area contributed by atoms with Gasteiger partial charge in [0.15, 0.2) is 0 Å². The molecule has 0 spiro atoms. The van der Waals surface area contributed by atoms with Crippen molar-refractivity contribution in [3.63, 3.8) is 0 Å². The van der Waals surface area contributed by atoms with Crippen LogP contribution >= 0.6 is 0 Å². The quantitative estimate of drug-likeness (QED) is 0.205. The van der Waals surface area contributed by atoms with Crippen LogP contribution in [0, 0.1) is 13.8 Å². The van der Waals surface area contributed by atoms with E-state index in [4.69, 9.17) is 0 Å². The highest BCUT2D eigenvalue weighted by Gasteiger charge is 2.36. The van der Waals surface area contributed by atoms with Crippen molar-refractivity contribution >= 4 is 43.6 Å². The molecule has 2 fully saturated rings. The van der Waals surface area contributed by atoms with Gasteiger partial charge in [-0.15, -0.1) is 0 Å². The van der Waals surface area contributed by atoms with Crippen LogP contribution in [0.5, 0.6) is 11.5 Å². The molecule has 2 aliphatic heterocycles. The van der Waals surface area contributed by atoms with Crippen molar-refractivity contribution in [2.45, 2.75) is 45.7 Å². The Morgan fingerprint density at radius 1 is 0.635 bits per heavy atom. The van der Waals surface area contributed by atoms with Gasteiger partial charge >= 0.3 is 26.6 Å². The second-order valence-corrected chi connectivity index (χ2v) is 15.5. The van der Waals surface area contributed by atoms with Gasteiger partial charge in [0.05, 0.1) is 16.9 Å². The number of aryl methyl sites for hydroxylation is 6. The Morgan fingerprint density at radius 2 is 1.08 bits per heavy atom. The van der Waals surface area contributed by atoms with Crippen LogP contribution in [-0.2, 0) is 61.9 Å². The number of carbonyl (C=O) groups excluding carboxylic acids is 2. The minimum absolute atomic E-state index is 0.0216. The molecule has 0 radical (unpaired) electrons. The molecule has 17 heteroatoms. The standard InChI is InChI=1S/C18H20N2O4S.C17H15F3N2O4S/c1-12-3-6-15(13(2)9-12)7-4-14-5-8-16(17(21)10-14)20-11-18(22)19-25(20,23)24;18-17(19,20)13-6-3-11(4-7-13)1-2-12-5-8-14(15(23)9-12)22-10-16(24)21-27(22,25)26/h3,5-6,8-10,21H,4,7,11H2,1-2H3,(H,19,22);3-9,23H,1-2,10H2,(H,21,24). The van der Waals surface area contributed by atoms with Gasteiger partial charge < -0.3 is 10.2 Å². The average molecular weight is 761 g/mol. The summed E-state index contributed by atoms with van der Waals surface area (Å²) in [5, 5.41) is 20.3. The Labute approximate surface area is 298 Å². The van der Waals surface area contributed by atoms with Gasteiger partial charge in [0.1, 0.15) is 24.6 Å². The first kappa shape index (κ1) is 38.0. The highest BCUT2D eigenvalue weighted by Crippen LogP contribution is 2.33. The first-order chi connectivity index (χ1) is 24.3. The van der Waals surface area contributed by atoms with Crippen LogP contribution in [0.25, 0.3) is 0 Å². The van der Waals surface area contributed by atoms with Crippen LogP contribution in [0.3, 0.4) is 0 Å². The predicted octanol–water partition coefficient (Wildman–Crippen LogP) is 4.35. The monoisotopic (exact) mass is 760 g/mol. The summed E-state index contributed by atoms with van der Waals surface area (Å²) in [6.07, 6.45) is -1.96. The van der Waals surface area contributed by atoms with Crippen LogP contribution in [-0.4, -0.2) is 52.0 Å². The van der Waals surface area contributed by atoms with E-state index >= 15 is 0 Å². The van der Waals surface area contributed by atoms with E-state index in [0.717, 1.165) is 39.1 Å². The topological polar surface area (TPSA) is 173 Å². The number of phenols is 2. The van der Waals surface area contributed by atoms with Crippen LogP contribution in [0.2, 0.25) is 0 Å². The number of rotatable bonds is 8. The molecule has 4 N–H and O–H groups in total. The molecule has 2 aliphatic rings. The maximum Gasteiger partial charge on any atom is 0.416 e. The van der Waals surface area contributed by atoms with Gasteiger partial charge in [0, 0.05) is 0 Å². The van der Waals surface area contributed by atoms with Gasteiger partial charge in [-0.3, -0.25) is 9.59 Å².